The second-order valence-electron chi connectivity index (χ2n) is 8.15. The molecule has 1 aliphatic carbocycles. The first-order valence-corrected chi connectivity index (χ1v) is 12.9. The first kappa shape index (κ1) is 23.3. The number of carbonyl (C=O) groups excluding carboxylic acids is 1. The van der Waals surface area contributed by atoms with Crippen LogP contribution in [0.1, 0.15) is 54.6 Å². The molecule has 0 radical (unpaired) electrons. The number of nitriles is 1. The lowest BCUT2D eigenvalue weighted by Crippen LogP contribution is -2.15. The van der Waals surface area contributed by atoms with Gasteiger partial charge in [-0.25, -0.2) is 0 Å². The van der Waals surface area contributed by atoms with Crippen LogP contribution >= 0.6 is 23.1 Å². The predicted molar refractivity (Wildman–Crippen MR) is 131 cm³/mol. The van der Waals surface area contributed by atoms with E-state index in [2.05, 4.69) is 28.5 Å². The summed E-state index contributed by atoms with van der Waals surface area (Å²) < 4.78 is 7.79. The van der Waals surface area contributed by atoms with E-state index in [1.165, 1.54) is 16.6 Å². The number of para-hydroxylation sites is 1. The Bertz CT molecular complexity index is 1170. The van der Waals surface area contributed by atoms with Crippen LogP contribution in [0.5, 0.6) is 5.75 Å². The molecule has 0 saturated heterocycles. The van der Waals surface area contributed by atoms with Gasteiger partial charge in [-0.05, 0) is 49.8 Å². The van der Waals surface area contributed by atoms with Crippen molar-refractivity contribution in [2.45, 2.75) is 50.8 Å². The van der Waals surface area contributed by atoms with Gasteiger partial charge < -0.3 is 14.6 Å². The number of amides is 1. The Morgan fingerprint density at radius 1 is 1.39 bits per heavy atom. The highest BCUT2D eigenvalue weighted by Gasteiger charge is 2.26. The van der Waals surface area contributed by atoms with E-state index in [0.717, 1.165) is 37.0 Å². The summed E-state index contributed by atoms with van der Waals surface area (Å²) in [6.45, 7) is 4.13. The standard InChI is InChI=1S/C24H27N5O2S2/c1-4-16-10-11-18-19(13-25)23(33-20(18)12-16)26-21(30)14-32-24-28-27-22(29(24)3)15(2)31-17-8-6-5-7-9-17/h5-9,15-16H,4,10-12,14H2,1-3H3,(H,26,30). The maximum Gasteiger partial charge on any atom is 0.235 e. The van der Waals surface area contributed by atoms with E-state index < -0.39 is 0 Å². The Hall–Kier alpha value is -2.83. The predicted octanol–water partition coefficient (Wildman–Crippen LogP) is 5.13. The Labute approximate surface area is 202 Å². The minimum absolute atomic E-state index is 0.153. The normalized spacial score (nSPS) is 16.0. The van der Waals surface area contributed by atoms with Gasteiger partial charge in [0.2, 0.25) is 5.91 Å². The third kappa shape index (κ3) is 5.23. The monoisotopic (exact) mass is 481 g/mol. The summed E-state index contributed by atoms with van der Waals surface area (Å²) in [6.07, 6.45) is 3.89. The molecule has 0 aliphatic heterocycles. The van der Waals surface area contributed by atoms with Crippen molar-refractivity contribution < 1.29 is 9.53 Å². The second-order valence-corrected chi connectivity index (χ2v) is 10.2. The Kier molecular flexibility index (Phi) is 7.36. The van der Waals surface area contributed by atoms with Crippen LogP contribution in [0.3, 0.4) is 0 Å². The Morgan fingerprint density at radius 2 is 2.18 bits per heavy atom. The summed E-state index contributed by atoms with van der Waals surface area (Å²) in [5.74, 6) is 2.15. The molecule has 1 aromatic carbocycles. The zero-order valence-electron chi connectivity index (χ0n) is 19.0. The molecule has 0 spiro atoms. The Morgan fingerprint density at radius 3 is 2.91 bits per heavy atom. The highest BCUT2D eigenvalue weighted by Crippen LogP contribution is 2.40. The molecular weight excluding hydrogens is 454 g/mol. The van der Waals surface area contributed by atoms with Crippen molar-refractivity contribution in [3.63, 3.8) is 0 Å². The molecule has 0 saturated carbocycles. The molecular formula is C24H27N5O2S2. The van der Waals surface area contributed by atoms with Crippen molar-refractivity contribution in [3.05, 3.63) is 52.2 Å². The molecule has 172 valence electrons. The van der Waals surface area contributed by atoms with Crippen molar-refractivity contribution in [2.75, 3.05) is 11.1 Å². The van der Waals surface area contributed by atoms with Gasteiger partial charge in [0, 0.05) is 11.9 Å². The number of nitrogens with zero attached hydrogens (tertiary/aromatic N) is 4. The lowest BCUT2D eigenvalue weighted by molar-refractivity contribution is -0.113. The lowest BCUT2D eigenvalue weighted by Gasteiger charge is -2.20. The fourth-order valence-electron chi connectivity index (χ4n) is 4.06. The van der Waals surface area contributed by atoms with Crippen LogP contribution in [0, 0.1) is 17.2 Å². The average molecular weight is 482 g/mol. The molecule has 9 heteroatoms. The topological polar surface area (TPSA) is 92.8 Å². The lowest BCUT2D eigenvalue weighted by atomic mass is 9.86. The molecule has 2 atom stereocenters. The molecule has 2 aromatic heterocycles. The van der Waals surface area contributed by atoms with Crippen LogP contribution in [0.15, 0.2) is 35.5 Å². The maximum atomic E-state index is 12.7. The number of thioether (sulfide) groups is 1. The first-order chi connectivity index (χ1) is 16.0. The highest BCUT2D eigenvalue weighted by molar-refractivity contribution is 7.99. The molecule has 4 rings (SSSR count). The fraction of sp³-hybridized carbons (Fsp3) is 0.417. The molecule has 33 heavy (non-hydrogen) atoms. The van der Waals surface area contributed by atoms with E-state index in [4.69, 9.17) is 4.74 Å². The number of aromatic nitrogens is 3. The van der Waals surface area contributed by atoms with Crippen molar-refractivity contribution in [3.8, 4) is 11.8 Å². The van der Waals surface area contributed by atoms with Gasteiger partial charge in [-0.3, -0.25) is 4.79 Å². The van der Waals surface area contributed by atoms with Gasteiger partial charge in [0.1, 0.15) is 16.8 Å². The molecule has 0 fully saturated rings. The second kappa shape index (κ2) is 10.4. The van der Waals surface area contributed by atoms with E-state index in [1.54, 1.807) is 11.3 Å². The van der Waals surface area contributed by atoms with Gasteiger partial charge in [0.25, 0.3) is 0 Å². The minimum Gasteiger partial charge on any atom is -0.483 e. The zero-order valence-corrected chi connectivity index (χ0v) is 20.6. The van der Waals surface area contributed by atoms with E-state index in [0.29, 0.717) is 27.5 Å². The van der Waals surface area contributed by atoms with E-state index in [1.807, 2.05) is 48.9 Å². The minimum atomic E-state index is -0.282. The van der Waals surface area contributed by atoms with E-state index >= 15 is 0 Å². The van der Waals surface area contributed by atoms with Crippen LogP contribution in [0.2, 0.25) is 0 Å². The van der Waals surface area contributed by atoms with Crippen LogP contribution in [-0.4, -0.2) is 26.4 Å². The largest absolute Gasteiger partial charge is 0.483 e. The van der Waals surface area contributed by atoms with Gasteiger partial charge in [-0.15, -0.1) is 21.5 Å². The van der Waals surface area contributed by atoms with Crippen molar-refractivity contribution in [1.29, 1.82) is 5.26 Å². The van der Waals surface area contributed by atoms with E-state index in [-0.39, 0.29) is 17.8 Å². The van der Waals surface area contributed by atoms with Crippen molar-refractivity contribution in [2.24, 2.45) is 13.0 Å². The summed E-state index contributed by atoms with van der Waals surface area (Å²) >= 11 is 2.87. The van der Waals surface area contributed by atoms with Crippen molar-refractivity contribution in [1.82, 2.24) is 14.8 Å². The van der Waals surface area contributed by atoms with Gasteiger partial charge in [-0.1, -0.05) is 43.3 Å². The average Bonchev–Trinajstić information content (AvgIpc) is 3.36. The summed E-state index contributed by atoms with van der Waals surface area (Å²) in [5.41, 5.74) is 1.76. The molecule has 7 nitrogen and oxygen atoms in total. The maximum absolute atomic E-state index is 12.7. The summed E-state index contributed by atoms with van der Waals surface area (Å²) in [4.78, 5) is 13.9. The fourth-order valence-corrected chi connectivity index (χ4v) is 6.11. The number of fused-ring (bicyclic) bond motifs is 1. The van der Waals surface area contributed by atoms with Crippen LogP contribution < -0.4 is 10.1 Å². The van der Waals surface area contributed by atoms with Crippen LogP contribution in [0.25, 0.3) is 0 Å². The zero-order chi connectivity index (χ0) is 23.4. The molecule has 0 bridgehead atoms. The smallest absolute Gasteiger partial charge is 0.235 e. The number of anilines is 1. The number of hydrogen-bond donors (Lipinski definition) is 1. The Balaban J connectivity index is 1.37. The number of rotatable bonds is 8. The number of thiophene rings is 1. The molecule has 3 aromatic rings. The van der Waals surface area contributed by atoms with Gasteiger partial charge in [0.05, 0.1) is 11.3 Å². The van der Waals surface area contributed by atoms with Crippen molar-refractivity contribution >= 4 is 34.0 Å². The van der Waals surface area contributed by atoms with E-state index in [9.17, 15) is 10.1 Å². The summed E-state index contributed by atoms with van der Waals surface area (Å²) in [7, 11) is 1.87. The SMILES string of the molecule is CCC1CCc2c(sc(NC(=O)CSc3nnc(C(C)Oc4ccccc4)n3C)c2C#N)C1. The van der Waals surface area contributed by atoms with Gasteiger partial charge in [0.15, 0.2) is 17.1 Å². The molecule has 2 unspecified atom stereocenters. The number of ether oxygens (including phenoxy) is 1. The summed E-state index contributed by atoms with van der Waals surface area (Å²) in [6, 6.07) is 11.9. The summed E-state index contributed by atoms with van der Waals surface area (Å²) in [5, 5.41) is 22.4. The molecule has 1 N–H and O–H groups in total. The van der Waals surface area contributed by atoms with Crippen LogP contribution in [0.4, 0.5) is 5.00 Å². The first-order valence-electron chi connectivity index (χ1n) is 11.1. The molecule has 1 aliphatic rings. The number of hydrogen-bond acceptors (Lipinski definition) is 7. The third-order valence-corrected chi connectivity index (χ3v) is 8.12. The highest BCUT2D eigenvalue weighted by atomic mass is 32.2. The molecule has 1 amide bonds. The third-order valence-electron chi connectivity index (χ3n) is 5.93. The van der Waals surface area contributed by atoms with Crippen LogP contribution in [-0.2, 0) is 24.7 Å². The quantitative estimate of drug-likeness (QED) is 0.448. The number of carbonyl (C=O) groups is 1. The van der Waals surface area contributed by atoms with Gasteiger partial charge >= 0.3 is 0 Å². The molecule has 2 heterocycles. The van der Waals surface area contributed by atoms with Gasteiger partial charge in [-0.2, -0.15) is 5.26 Å². The number of nitrogens with one attached hydrogen (secondary N) is 1. The number of benzene rings is 1.